The second-order valence-electron chi connectivity index (χ2n) is 10.3. The SMILES string of the molecule is CCOC(=O)C(C)(C)Oc1ccc(CN(Cc2ccco2)Cc2sc(-c3ccc(C(F)(F)F)cc3)nc2C)cc1C. The average Bonchev–Trinajstić information content (AvgIpc) is 3.55. The molecule has 0 N–H and O–H groups in total. The van der Waals surface area contributed by atoms with Crippen molar-refractivity contribution >= 4 is 17.3 Å². The molecule has 0 fully saturated rings. The van der Waals surface area contributed by atoms with Crippen LogP contribution in [-0.2, 0) is 35.3 Å². The minimum atomic E-state index is -4.38. The Kier molecular flexibility index (Phi) is 9.24. The molecule has 0 aliphatic heterocycles. The third kappa shape index (κ3) is 7.77. The van der Waals surface area contributed by atoms with Crippen molar-refractivity contribution in [1.29, 1.82) is 0 Å². The number of furan rings is 1. The minimum Gasteiger partial charge on any atom is -0.476 e. The first-order chi connectivity index (χ1) is 19.4. The van der Waals surface area contributed by atoms with Gasteiger partial charge in [0, 0.05) is 23.5 Å². The zero-order valence-corrected chi connectivity index (χ0v) is 24.5. The average molecular weight is 587 g/mol. The Morgan fingerprint density at radius 2 is 1.76 bits per heavy atom. The quantitative estimate of drug-likeness (QED) is 0.166. The molecule has 4 aromatic rings. The number of nitrogens with zero attached hydrogens (tertiary/aromatic N) is 2. The topological polar surface area (TPSA) is 64.8 Å². The Bertz CT molecular complexity index is 1460. The molecule has 0 atom stereocenters. The lowest BCUT2D eigenvalue weighted by molar-refractivity contribution is -0.158. The van der Waals surface area contributed by atoms with Crippen LogP contribution in [0.1, 0.15) is 53.8 Å². The van der Waals surface area contributed by atoms with E-state index >= 15 is 0 Å². The first kappa shape index (κ1) is 30.3. The Morgan fingerprint density at radius 3 is 2.37 bits per heavy atom. The molecule has 41 heavy (non-hydrogen) atoms. The van der Waals surface area contributed by atoms with E-state index in [-0.39, 0.29) is 6.61 Å². The first-order valence-electron chi connectivity index (χ1n) is 13.2. The Labute approximate surface area is 241 Å². The van der Waals surface area contributed by atoms with E-state index in [1.807, 2.05) is 44.2 Å². The summed E-state index contributed by atoms with van der Waals surface area (Å²) in [7, 11) is 0. The molecule has 0 unspecified atom stereocenters. The number of hydrogen-bond acceptors (Lipinski definition) is 7. The maximum Gasteiger partial charge on any atom is 0.416 e. The van der Waals surface area contributed by atoms with E-state index in [0.717, 1.165) is 39.6 Å². The van der Waals surface area contributed by atoms with Gasteiger partial charge in [-0.3, -0.25) is 4.90 Å². The zero-order chi connectivity index (χ0) is 29.8. The van der Waals surface area contributed by atoms with Crippen LogP contribution in [0.4, 0.5) is 13.2 Å². The number of benzene rings is 2. The number of aryl methyl sites for hydroxylation is 2. The second-order valence-corrected chi connectivity index (χ2v) is 11.3. The molecule has 0 aliphatic carbocycles. The van der Waals surface area contributed by atoms with Gasteiger partial charge in [-0.15, -0.1) is 11.3 Å². The fourth-order valence-electron chi connectivity index (χ4n) is 4.30. The number of carbonyl (C=O) groups is 1. The number of rotatable bonds is 11. The van der Waals surface area contributed by atoms with Gasteiger partial charge in [0.15, 0.2) is 5.60 Å². The largest absolute Gasteiger partial charge is 0.476 e. The van der Waals surface area contributed by atoms with Gasteiger partial charge in [-0.2, -0.15) is 13.2 Å². The molecule has 2 heterocycles. The molecule has 0 amide bonds. The number of alkyl halides is 3. The lowest BCUT2D eigenvalue weighted by Gasteiger charge is -2.26. The number of aromatic nitrogens is 1. The van der Waals surface area contributed by atoms with Crippen LogP contribution >= 0.6 is 11.3 Å². The standard InChI is InChI=1S/C31H33F3N2O4S/c1-6-38-29(37)30(4,5)40-26-14-9-22(16-20(26)2)17-36(18-25-8-7-15-39-25)19-27-21(3)35-28(41-27)23-10-12-24(13-11-23)31(32,33)34/h7-16H,6,17-19H2,1-5H3. The Morgan fingerprint density at radius 1 is 1.02 bits per heavy atom. The van der Waals surface area contributed by atoms with Crippen LogP contribution in [0.3, 0.4) is 0 Å². The summed E-state index contributed by atoms with van der Waals surface area (Å²) in [6.45, 7) is 10.9. The van der Waals surface area contributed by atoms with Crippen molar-refractivity contribution in [3.8, 4) is 16.3 Å². The number of ether oxygens (including phenoxy) is 2. The highest BCUT2D eigenvalue weighted by molar-refractivity contribution is 7.15. The molecular weight excluding hydrogens is 553 g/mol. The summed E-state index contributed by atoms with van der Waals surface area (Å²) in [6, 6.07) is 14.7. The van der Waals surface area contributed by atoms with Gasteiger partial charge in [-0.05, 0) is 76.1 Å². The number of hydrogen-bond donors (Lipinski definition) is 0. The summed E-state index contributed by atoms with van der Waals surface area (Å²) < 4.78 is 55.7. The van der Waals surface area contributed by atoms with Crippen molar-refractivity contribution in [3.63, 3.8) is 0 Å². The fourth-order valence-corrected chi connectivity index (χ4v) is 5.41. The molecule has 0 saturated heterocycles. The van der Waals surface area contributed by atoms with Crippen molar-refractivity contribution in [3.05, 3.63) is 93.9 Å². The van der Waals surface area contributed by atoms with Crippen LogP contribution in [0, 0.1) is 13.8 Å². The number of thiazole rings is 1. The molecule has 10 heteroatoms. The molecule has 6 nitrogen and oxygen atoms in total. The van der Waals surface area contributed by atoms with Crippen molar-refractivity contribution in [2.45, 2.75) is 66.0 Å². The van der Waals surface area contributed by atoms with E-state index in [4.69, 9.17) is 13.9 Å². The molecule has 4 rings (SSSR count). The van der Waals surface area contributed by atoms with Crippen LogP contribution in [0.5, 0.6) is 5.75 Å². The summed E-state index contributed by atoms with van der Waals surface area (Å²) in [5.41, 5.74) is 1.59. The zero-order valence-electron chi connectivity index (χ0n) is 23.7. The van der Waals surface area contributed by atoms with Crippen LogP contribution in [0.15, 0.2) is 65.3 Å². The van der Waals surface area contributed by atoms with Gasteiger partial charge < -0.3 is 13.9 Å². The maximum atomic E-state index is 13.0. The smallest absolute Gasteiger partial charge is 0.416 e. The van der Waals surface area contributed by atoms with Gasteiger partial charge in [0.2, 0.25) is 0 Å². The predicted octanol–water partition coefficient (Wildman–Crippen LogP) is 7.96. The number of halogens is 3. The third-order valence-electron chi connectivity index (χ3n) is 6.46. The van der Waals surface area contributed by atoms with E-state index in [1.165, 1.54) is 23.5 Å². The Balaban J connectivity index is 1.53. The molecule has 2 aromatic heterocycles. The molecule has 0 saturated carbocycles. The lowest BCUT2D eigenvalue weighted by atomic mass is 10.1. The van der Waals surface area contributed by atoms with E-state index < -0.39 is 23.3 Å². The monoisotopic (exact) mass is 586 g/mol. The van der Waals surface area contributed by atoms with Crippen LogP contribution in [0.2, 0.25) is 0 Å². The normalized spacial score (nSPS) is 12.1. The maximum absolute atomic E-state index is 13.0. The molecule has 0 radical (unpaired) electrons. The highest BCUT2D eigenvalue weighted by atomic mass is 32.1. The van der Waals surface area contributed by atoms with E-state index in [2.05, 4.69) is 9.88 Å². The molecule has 0 bridgehead atoms. The van der Waals surface area contributed by atoms with E-state index in [0.29, 0.717) is 36.0 Å². The third-order valence-corrected chi connectivity index (χ3v) is 7.65. The summed E-state index contributed by atoms with van der Waals surface area (Å²) in [5.74, 6) is 0.982. The highest BCUT2D eigenvalue weighted by Crippen LogP contribution is 2.34. The van der Waals surface area contributed by atoms with Crippen molar-refractivity contribution in [1.82, 2.24) is 9.88 Å². The summed E-state index contributed by atoms with van der Waals surface area (Å²) in [4.78, 5) is 20.2. The molecular formula is C31H33F3N2O4S. The van der Waals surface area contributed by atoms with Gasteiger partial charge >= 0.3 is 12.1 Å². The lowest BCUT2D eigenvalue weighted by Crippen LogP contribution is -2.39. The van der Waals surface area contributed by atoms with Gasteiger partial charge in [0.1, 0.15) is 16.5 Å². The molecule has 2 aromatic carbocycles. The Hall–Kier alpha value is -3.63. The van der Waals surface area contributed by atoms with Crippen molar-refractivity contribution in [2.24, 2.45) is 0 Å². The highest BCUT2D eigenvalue weighted by Gasteiger charge is 2.32. The molecule has 218 valence electrons. The molecule has 0 spiro atoms. The fraction of sp³-hybridized carbons (Fsp3) is 0.355. The predicted molar refractivity (Wildman–Crippen MR) is 151 cm³/mol. The van der Waals surface area contributed by atoms with Gasteiger partial charge in [0.25, 0.3) is 0 Å². The van der Waals surface area contributed by atoms with E-state index in [1.54, 1.807) is 27.0 Å². The second kappa shape index (κ2) is 12.5. The summed E-state index contributed by atoms with van der Waals surface area (Å²) in [5, 5.41) is 0.672. The summed E-state index contributed by atoms with van der Waals surface area (Å²) in [6.07, 6.45) is -2.75. The van der Waals surface area contributed by atoms with E-state index in [9.17, 15) is 18.0 Å². The van der Waals surface area contributed by atoms with Crippen LogP contribution < -0.4 is 4.74 Å². The minimum absolute atomic E-state index is 0.278. The van der Waals surface area contributed by atoms with Crippen molar-refractivity contribution in [2.75, 3.05) is 6.61 Å². The van der Waals surface area contributed by atoms with Gasteiger partial charge in [0.05, 0.1) is 30.7 Å². The number of carbonyl (C=O) groups excluding carboxylic acids is 1. The number of esters is 1. The first-order valence-corrected chi connectivity index (χ1v) is 14.0. The van der Waals surface area contributed by atoms with Gasteiger partial charge in [-0.1, -0.05) is 24.3 Å². The molecule has 0 aliphatic rings. The van der Waals surface area contributed by atoms with Gasteiger partial charge in [-0.25, -0.2) is 9.78 Å². The van der Waals surface area contributed by atoms with Crippen molar-refractivity contribution < 1.29 is 31.9 Å². The van der Waals surface area contributed by atoms with Crippen LogP contribution in [0.25, 0.3) is 10.6 Å². The summed E-state index contributed by atoms with van der Waals surface area (Å²) >= 11 is 1.47. The van der Waals surface area contributed by atoms with Crippen LogP contribution in [-0.4, -0.2) is 28.1 Å².